The minimum absolute atomic E-state index is 0.0429. The number of aliphatic hydroxyl groups is 1. The number of carbonyl (C=O) groups is 2. The molecule has 0 saturated heterocycles. The molecular weight excluding hydrogens is 300 g/mol. The van der Waals surface area contributed by atoms with Crippen LogP contribution in [-0.2, 0) is 9.59 Å². The Morgan fingerprint density at radius 2 is 1.96 bits per heavy atom. The van der Waals surface area contributed by atoms with E-state index in [-0.39, 0.29) is 11.2 Å². The topological polar surface area (TPSA) is 54.4 Å². The molecule has 1 N–H and O–H groups in total. The lowest BCUT2D eigenvalue weighted by Crippen LogP contribution is -2.56. The lowest BCUT2D eigenvalue weighted by molar-refractivity contribution is -0.158. The van der Waals surface area contributed by atoms with E-state index in [1.54, 1.807) is 6.92 Å². The summed E-state index contributed by atoms with van der Waals surface area (Å²) in [5.41, 5.74) is 0.0200. The number of hydrogen-bond acceptors (Lipinski definition) is 3. The van der Waals surface area contributed by atoms with Gasteiger partial charge in [0.25, 0.3) is 0 Å². The van der Waals surface area contributed by atoms with Crippen LogP contribution in [0.3, 0.4) is 0 Å². The van der Waals surface area contributed by atoms with Crippen molar-refractivity contribution in [2.75, 3.05) is 0 Å². The van der Waals surface area contributed by atoms with Gasteiger partial charge >= 0.3 is 0 Å². The van der Waals surface area contributed by atoms with Gasteiger partial charge in [-0.1, -0.05) is 19.4 Å². The Morgan fingerprint density at radius 3 is 2.67 bits per heavy atom. The highest BCUT2D eigenvalue weighted by molar-refractivity contribution is 5.91. The average Bonchev–Trinajstić information content (AvgIpc) is 2.81. The predicted molar refractivity (Wildman–Crippen MR) is 92.3 cm³/mol. The zero-order valence-corrected chi connectivity index (χ0v) is 15.2. The molecule has 7 atom stereocenters. The van der Waals surface area contributed by atoms with Gasteiger partial charge in [0.05, 0.1) is 0 Å². The second-order valence-electron chi connectivity index (χ2n) is 9.24. The highest BCUT2D eigenvalue weighted by Crippen LogP contribution is 2.65. The summed E-state index contributed by atoms with van der Waals surface area (Å²) < 4.78 is 0. The van der Waals surface area contributed by atoms with Crippen molar-refractivity contribution in [2.45, 2.75) is 71.3 Å². The molecule has 4 aliphatic carbocycles. The van der Waals surface area contributed by atoms with Crippen molar-refractivity contribution in [2.24, 2.45) is 35.0 Å². The molecule has 4 rings (SSSR count). The Bertz CT molecular complexity index is 621. The molecule has 7 unspecified atom stereocenters. The lowest BCUT2D eigenvalue weighted by Gasteiger charge is -2.56. The van der Waals surface area contributed by atoms with Crippen LogP contribution in [-0.4, -0.2) is 22.3 Å². The molecule has 3 nitrogen and oxygen atoms in total. The van der Waals surface area contributed by atoms with Crippen LogP contribution in [0, 0.1) is 35.0 Å². The lowest BCUT2D eigenvalue weighted by atomic mass is 9.49. The van der Waals surface area contributed by atoms with Crippen LogP contribution in [0.2, 0.25) is 0 Å². The zero-order chi connectivity index (χ0) is 17.3. The SMILES string of the molecule is CC(=O)C1(O)CCC2C3CC(C)C4=CC(=O)CCC4C3CCC21C. The van der Waals surface area contributed by atoms with Crippen LogP contribution in [0.1, 0.15) is 65.7 Å². The van der Waals surface area contributed by atoms with Crippen molar-refractivity contribution in [3.05, 3.63) is 11.6 Å². The maximum atomic E-state index is 12.2. The number of allylic oxidation sites excluding steroid dienone is 1. The fraction of sp³-hybridized carbons (Fsp3) is 0.810. The Labute approximate surface area is 144 Å². The van der Waals surface area contributed by atoms with Gasteiger partial charge in [0, 0.05) is 11.8 Å². The molecule has 0 heterocycles. The number of hydrogen-bond donors (Lipinski definition) is 1. The fourth-order valence-electron chi connectivity index (χ4n) is 7.09. The quantitative estimate of drug-likeness (QED) is 0.797. The zero-order valence-electron chi connectivity index (χ0n) is 15.2. The van der Waals surface area contributed by atoms with E-state index in [1.165, 1.54) is 5.57 Å². The number of rotatable bonds is 1. The van der Waals surface area contributed by atoms with Crippen molar-refractivity contribution in [1.82, 2.24) is 0 Å². The van der Waals surface area contributed by atoms with Gasteiger partial charge in [-0.25, -0.2) is 0 Å². The minimum atomic E-state index is -1.12. The third-order valence-electron chi connectivity index (χ3n) is 8.40. The number of carbonyl (C=O) groups excluding carboxylic acids is 2. The molecule has 0 amide bonds. The summed E-state index contributed by atoms with van der Waals surface area (Å²) >= 11 is 0. The van der Waals surface area contributed by atoms with Crippen LogP contribution < -0.4 is 0 Å². The Kier molecular flexibility index (Phi) is 3.62. The third kappa shape index (κ3) is 2.00. The molecule has 3 saturated carbocycles. The van der Waals surface area contributed by atoms with E-state index in [2.05, 4.69) is 13.8 Å². The average molecular weight is 330 g/mol. The van der Waals surface area contributed by atoms with E-state index in [1.807, 2.05) is 6.08 Å². The van der Waals surface area contributed by atoms with Gasteiger partial charge < -0.3 is 5.11 Å². The fourth-order valence-corrected chi connectivity index (χ4v) is 7.09. The first-order valence-corrected chi connectivity index (χ1v) is 9.75. The first kappa shape index (κ1) is 16.5. The molecule has 132 valence electrons. The molecule has 0 aliphatic heterocycles. The molecule has 0 radical (unpaired) electrons. The van der Waals surface area contributed by atoms with Gasteiger partial charge in [-0.2, -0.15) is 0 Å². The Hall–Kier alpha value is -0.960. The summed E-state index contributed by atoms with van der Waals surface area (Å²) in [6.45, 7) is 6.01. The molecule has 0 aromatic heterocycles. The van der Waals surface area contributed by atoms with Crippen LogP contribution in [0.5, 0.6) is 0 Å². The van der Waals surface area contributed by atoms with Gasteiger partial charge in [-0.05, 0) is 81.1 Å². The maximum absolute atomic E-state index is 12.2. The van der Waals surface area contributed by atoms with Gasteiger partial charge in [0.15, 0.2) is 11.6 Å². The first-order chi connectivity index (χ1) is 11.3. The van der Waals surface area contributed by atoms with E-state index >= 15 is 0 Å². The van der Waals surface area contributed by atoms with Crippen molar-refractivity contribution < 1.29 is 14.7 Å². The molecule has 0 spiro atoms. The molecule has 0 aromatic rings. The summed E-state index contributed by atoms with van der Waals surface area (Å²) in [6, 6.07) is 0. The molecule has 24 heavy (non-hydrogen) atoms. The van der Waals surface area contributed by atoms with Crippen molar-refractivity contribution in [3.63, 3.8) is 0 Å². The molecule has 0 bridgehead atoms. The molecule has 0 aromatic carbocycles. The summed E-state index contributed by atoms with van der Waals surface area (Å²) in [4.78, 5) is 24.1. The van der Waals surface area contributed by atoms with E-state index < -0.39 is 5.60 Å². The third-order valence-corrected chi connectivity index (χ3v) is 8.40. The van der Waals surface area contributed by atoms with Gasteiger partial charge in [-0.3, -0.25) is 9.59 Å². The first-order valence-electron chi connectivity index (χ1n) is 9.75. The van der Waals surface area contributed by atoms with E-state index in [0.717, 1.165) is 32.1 Å². The van der Waals surface area contributed by atoms with E-state index in [9.17, 15) is 14.7 Å². The molecule has 3 heteroatoms. The van der Waals surface area contributed by atoms with Crippen molar-refractivity contribution in [3.8, 4) is 0 Å². The van der Waals surface area contributed by atoms with E-state index in [0.29, 0.717) is 48.2 Å². The van der Waals surface area contributed by atoms with Crippen LogP contribution in [0.25, 0.3) is 0 Å². The number of ketones is 2. The highest BCUT2D eigenvalue weighted by atomic mass is 16.3. The maximum Gasteiger partial charge on any atom is 0.161 e. The van der Waals surface area contributed by atoms with Crippen molar-refractivity contribution >= 4 is 11.6 Å². The summed E-state index contributed by atoms with van der Waals surface area (Å²) in [5.74, 6) is 2.99. The standard InChI is InChI=1S/C21H30O3/c1-12-10-18-16(15-5-4-14(23)11-17(12)15)6-8-20(3)19(18)7-9-21(20,24)13(2)22/h11-12,15-16,18-19,24H,4-10H2,1-3H3. The predicted octanol–water partition coefficient (Wildman–Crippen LogP) is 3.69. The largest absolute Gasteiger partial charge is 0.382 e. The number of fused-ring (bicyclic) bond motifs is 5. The highest BCUT2D eigenvalue weighted by Gasteiger charge is 2.64. The normalized spacial score (nSPS) is 50.6. The monoisotopic (exact) mass is 330 g/mol. The van der Waals surface area contributed by atoms with Crippen molar-refractivity contribution in [1.29, 1.82) is 0 Å². The van der Waals surface area contributed by atoms with Gasteiger partial charge in [-0.15, -0.1) is 0 Å². The van der Waals surface area contributed by atoms with Crippen LogP contribution in [0.4, 0.5) is 0 Å². The Balaban J connectivity index is 1.68. The van der Waals surface area contributed by atoms with Crippen LogP contribution in [0.15, 0.2) is 11.6 Å². The summed E-state index contributed by atoms with van der Waals surface area (Å²) in [6.07, 6.45) is 8.42. The van der Waals surface area contributed by atoms with Gasteiger partial charge in [0.1, 0.15) is 5.60 Å². The Morgan fingerprint density at radius 1 is 1.21 bits per heavy atom. The molecular formula is C21H30O3. The second kappa shape index (κ2) is 5.27. The molecule has 3 fully saturated rings. The minimum Gasteiger partial charge on any atom is -0.382 e. The summed E-state index contributed by atoms with van der Waals surface area (Å²) in [5, 5.41) is 11.1. The number of Topliss-reactive ketones (excluding diaryl/α,β-unsaturated/α-hetero) is 1. The van der Waals surface area contributed by atoms with Gasteiger partial charge in [0.2, 0.25) is 0 Å². The molecule has 4 aliphatic rings. The van der Waals surface area contributed by atoms with E-state index in [4.69, 9.17) is 0 Å². The summed E-state index contributed by atoms with van der Waals surface area (Å²) in [7, 11) is 0. The second-order valence-corrected chi connectivity index (χ2v) is 9.24. The van der Waals surface area contributed by atoms with Crippen LogP contribution >= 0.6 is 0 Å². The smallest absolute Gasteiger partial charge is 0.161 e.